The van der Waals surface area contributed by atoms with E-state index in [-0.39, 0.29) is 0 Å². The fraction of sp³-hybridized carbons (Fsp3) is 0.923. The Bertz CT molecular complexity index is 141. The van der Waals surface area contributed by atoms with Gasteiger partial charge in [-0.2, -0.15) is 0 Å². The van der Waals surface area contributed by atoms with E-state index < -0.39 is 0 Å². The van der Waals surface area contributed by atoms with Crippen LogP contribution in [0.2, 0.25) is 0 Å². The van der Waals surface area contributed by atoms with Crippen LogP contribution in [0.15, 0.2) is 0 Å². The summed E-state index contributed by atoms with van der Waals surface area (Å²) in [6.07, 6.45) is 6.64. The minimum Gasteiger partial charge on any atom is -0.334 e. The standard InChI is InChI=1S/C13H26NO/c1-12(2)7-5-9-14(11-15)10-6-8-13(3)4/h12-13H,5-10H2,1-4H3. The van der Waals surface area contributed by atoms with Crippen molar-refractivity contribution in [1.29, 1.82) is 0 Å². The Hall–Kier alpha value is -0.530. The van der Waals surface area contributed by atoms with Gasteiger partial charge in [0.15, 0.2) is 0 Å². The van der Waals surface area contributed by atoms with Crippen LogP contribution in [0.25, 0.3) is 0 Å². The van der Waals surface area contributed by atoms with Crippen LogP contribution in [0.4, 0.5) is 0 Å². The van der Waals surface area contributed by atoms with Crippen LogP contribution in [-0.4, -0.2) is 24.4 Å². The molecule has 0 aliphatic heterocycles. The van der Waals surface area contributed by atoms with Crippen molar-refractivity contribution < 1.29 is 4.79 Å². The lowest BCUT2D eigenvalue weighted by molar-refractivity contribution is 0.345. The Balaban J connectivity index is 3.50. The van der Waals surface area contributed by atoms with E-state index in [1.807, 2.05) is 6.41 Å². The summed E-state index contributed by atoms with van der Waals surface area (Å²) in [4.78, 5) is 12.5. The molecule has 2 heteroatoms. The van der Waals surface area contributed by atoms with Crippen LogP contribution in [0.3, 0.4) is 0 Å². The van der Waals surface area contributed by atoms with Gasteiger partial charge in [-0.05, 0) is 37.5 Å². The van der Waals surface area contributed by atoms with Gasteiger partial charge in [-0.3, -0.25) is 4.79 Å². The lowest BCUT2D eigenvalue weighted by Crippen LogP contribution is -2.24. The highest BCUT2D eigenvalue weighted by molar-refractivity contribution is 5.47. The number of rotatable bonds is 9. The van der Waals surface area contributed by atoms with Crippen LogP contribution in [-0.2, 0) is 4.79 Å². The van der Waals surface area contributed by atoms with Crippen molar-refractivity contribution in [3.05, 3.63) is 0 Å². The van der Waals surface area contributed by atoms with Crippen molar-refractivity contribution >= 4 is 6.41 Å². The average Bonchev–Trinajstić information content (AvgIpc) is 2.14. The van der Waals surface area contributed by atoms with Gasteiger partial charge in [0.25, 0.3) is 0 Å². The molecule has 89 valence electrons. The zero-order chi connectivity index (χ0) is 11.7. The zero-order valence-electron chi connectivity index (χ0n) is 10.8. The molecule has 1 radical (unpaired) electrons. The second-order valence-corrected chi connectivity index (χ2v) is 5.15. The summed E-state index contributed by atoms with van der Waals surface area (Å²) in [5.74, 6) is 1.46. The van der Waals surface area contributed by atoms with Gasteiger partial charge >= 0.3 is 6.41 Å². The number of amides is 1. The Morgan fingerprint density at radius 3 is 1.60 bits per heavy atom. The normalized spacial score (nSPS) is 11.1. The quantitative estimate of drug-likeness (QED) is 0.537. The Morgan fingerprint density at radius 1 is 0.933 bits per heavy atom. The summed E-state index contributed by atoms with van der Waals surface area (Å²) in [5.41, 5.74) is 0. The number of carbonyl (C=O) groups excluding carboxylic acids is 1. The molecule has 0 aromatic rings. The Kier molecular flexibility index (Phi) is 8.44. The molecule has 2 nitrogen and oxygen atoms in total. The molecular formula is C13H26NO. The zero-order valence-corrected chi connectivity index (χ0v) is 10.8. The first kappa shape index (κ1) is 14.5. The average molecular weight is 212 g/mol. The lowest BCUT2D eigenvalue weighted by Gasteiger charge is -2.17. The summed E-state index contributed by atoms with van der Waals surface area (Å²) < 4.78 is 0. The first-order valence-corrected chi connectivity index (χ1v) is 6.19. The van der Waals surface area contributed by atoms with Gasteiger partial charge in [-0.25, -0.2) is 0 Å². The predicted octanol–water partition coefficient (Wildman–Crippen LogP) is 3.23. The topological polar surface area (TPSA) is 20.3 Å². The number of hydrogen-bond donors (Lipinski definition) is 0. The molecule has 0 fully saturated rings. The summed E-state index contributed by atoms with van der Waals surface area (Å²) in [6, 6.07) is 0. The fourth-order valence-electron chi connectivity index (χ4n) is 1.58. The van der Waals surface area contributed by atoms with E-state index in [2.05, 4.69) is 27.7 Å². The Labute approximate surface area is 95.0 Å². The summed E-state index contributed by atoms with van der Waals surface area (Å²) in [7, 11) is 0. The highest BCUT2D eigenvalue weighted by Gasteiger charge is 2.04. The third-order valence-electron chi connectivity index (χ3n) is 2.55. The molecule has 0 heterocycles. The molecule has 0 atom stereocenters. The second kappa shape index (κ2) is 8.75. The maximum atomic E-state index is 10.7. The van der Waals surface area contributed by atoms with Crippen molar-refractivity contribution in [1.82, 2.24) is 4.90 Å². The molecule has 0 spiro atoms. The van der Waals surface area contributed by atoms with Gasteiger partial charge in [0.2, 0.25) is 0 Å². The minimum atomic E-state index is 0.731. The van der Waals surface area contributed by atoms with Gasteiger partial charge < -0.3 is 4.90 Å². The van der Waals surface area contributed by atoms with E-state index in [9.17, 15) is 4.79 Å². The molecule has 0 aromatic heterocycles. The molecule has 0 unspecified atom stereocenters. The summed E-state index contributed by atoms with van der Waals surface area (Å²) in [5, 5.41) is 0. The maximum Gasteiger partial charge on any atom is 0.312 e. The van der Waals surface area contributed by atoms with E-state index in [1.54, 1.807) is 4.90 Å². The molecule has 15 heavy (non-hydrogen) atoms. The van der Waals surface area contributed by atoms with Gasteiger partial charge in [0, 0.05) is 13.1 Å². The van der Waals surface area contributed by atoms with Crippen LogP contribution in [0.5, 0.6) is 0 Å². The first-order valence-electron chi connectivity index (χ1n) is 6.19. The molecule has 0 rings (SSSR count). The van der Waals surface area contributed by atoms with Gasteiger partial charge in [-0.1, -0.05) is 27.7 Å². The van der Waals surface area contributed by atoms with E-state index in [0.717, 1.165) is 37.8 Å². The smallest absolute Gasteiger partial charge is 0.312 e. The SMILES string of the molecule is CC(C)CCCN([C]=O)CCCC(C)C. The minimum absolute atomic E-state index is 0.731. The monoisotopic (exact) mass is 212 g/mol. The molecule has 0 aliphatic carbocycles. The summed E-state index contributed by atoms with van der Waals surface area (Å²) >= 11 is 0. The molecule has 0 aromatic carbocycles. The number of nitrogens with zero attached hydrogens (tertiary/aromatic N) is 1. The van der Waals surface area contributed by atoms with E-state index in [0.29, 0.717) is 0 Å². The van der Waals surface area contributed by atoms with Gasteiger partial charge in [-0.15, -0.1) is 0 Å². The first-order chi connectivity index (χ1) is 7.06. The third kappa shape index (κ3) is 9.77. The van der Waals surface area contributed by atoms with Crippen molar-refractivity contribution in [3.63, 3.8) is 0 Å². The molecule has 1 amide bonds. The lowest BCUT2D eigenvalue weighted by atomic mass is 10.1. The highest BCUT2D eigenvalue weighted by Crippen LogP contribution is 2.07. The van der Waals surface area contributed by atoms with Crippen LogP contribution in [0.1, 0.15) is 53.4 Å². The van der Waals surface area contributed by atoms with Gasteiger partial charge in [0.1, 0.15) is 0 Å². The maximum absolute atomic E-state index is 10.7. The molecule has 0 bridgehead atoms. The van der Waals surface area contributed by atoms with Crippen LogP contribution < -0.4 is 0 Å². The van der Waals surface area contributed by atoms with Crippen molar-refractivity contribution in [2.24, 2.45) is 11.8 Å². The van der Waals surface area contributed by atoms with Crippen molar-refractivity contribution in [2.45, 2.75) is 53.4 Å². The third-order valence-corrected chi connectivity index (χ3v) is 2.55. The van der Waals surface area contributed by atoms with E-state index >= 15 is 0 Å². The number of hydrogen-bond acceptors (Lipinski definition) is 1. The van der Waals surface area contributed by atoms with Crippen molar-refractivity contribution in [3.8, 4) is 0 Å². The van der Waals surface area contributed by atoms with Crippen molar-refractivity contribution in [2.75, 3.05) is 13.1 Å². The Morgan fingerprint density at radius 2 is 1.33 bits per heavy atom. The largest absolute Gasteiger partial charge is 0.334 e. The van der Waals surface area contributed by atoms with E-state index in [4.69, 9.17) is 0 Å². The van der Waals surface area contributed by atoms with Gasteiger partial charge in [0.05, 0.1) is 0 Å². The van der Waals surface area contributed by atoms with Crippen LogP contribution >= 0.6 is 0 Å². The molecule has 0 N–H and O–H groups in total. The fourth-order valence-corrected chi connectivity index (χ4v) is 1.58. The molecular weight excluding hydrogens is 186 g/mol. The summed E-state index contributed by atoms with van der Waals surface area (Å²) in [6.45, 7) is 10.6. The second-order valence-electron chi connectivity index (χ2n) is 5.15. The molecule has 0 saturated heterocycles. The molecule has 0 aliphatic rings. The molecule has 0 saturated carbocycles. The predicted molar refractivity (Wildman–Crippen MR) is 65.4 cm³/mol. The van der Waals surface area contributed by atoms with Crippen LogP contribution in [0, 0.1) is 11.8 Å². The highest BCUT2D eigenvalue weighted by atomic mass is 16.1. The van der Waals surface area contributed by atoms with E-state index in [1.165, 1.54) is 12.8 Å².